The van der Waals surface area contributed by atoms with Gasteiger partial charge in [0.1, 0.15) is 21.2 Å². The monoisotopic (exact) mass is 472 g/mol. The molecule has 0 bridgehead atoms. The maximum absolute atomic E-state index is 15.1. The van der Waals surface area contributed by atoms with Crippen LogP contribution in [0.5, 0.6) is 0 Å². The molecule has 0 radical (unpaired) electrons. The van der Waals surface area contributed by atoms with Crippen molar-refractivity contribution in [3.05, 3.63) is 95.5 Å². The first-order chi connectivity index (χ1) is 16.7. The van der Waals surface area contributed by atoms with Crippen molar-refractivity contribution in [2.45, 2.75) is 37.4 Å². The Morgan fingerprint density at radius 1 is 0.941 bits per heavy atom. The molecule has 0 amide bonds. The number of pyridine rings is 1. The Hall–Kier alpha value is -2.93. The molecule has 2 aromatic carbocycles. The molecule has 0 saturated carbocycles. The molecule has 6 rings (SSSR count). The molecule has 1 fully saturated rings. The van der Waals surface area contributed by atoms with Gasteiger partial charge in [-0.05, 0) is 55.5 Å². The van der Waals surface area contributed by atoms with E-state index in [1.807, 2.05) is 18.2 Å². The first-order valence-electron chi connectivity index (χ1n) is 11.7. The van der Waals surface area contributed by atoms with E-state index in [0.29, 0.717) is 29.3 Å². The predicted molar refractivity (Wildman–Crippen MR) is 132 cm³/mol. The molecule has 4 nitrogen and oxygen atoms in total. The van der Waals surface area contributed by atoms with Crippen molar-refractivity contribution in [3.8, 4) is 10.6 Å². The molecule has 3 heterocycles. The summed E-state index contributed by atoms with van der Waals surface area (Å²) in [4.78, 5) is 10.6. The van der Waals surface area contributed by atoms with Crippen LogP contribution in [0.15, 0.2) is 72.8 Å². The Bertz CT molecular complexity index is 1350. The zero-order valence-corrected chi connectivity index (χ0v) is 19.6. The average Bonchev–Trinajstić information content (AvgIpc) is 3.33. The third-order valence-electron chi connectivity index (χ3n) is 6.77. The summed E-state index contributed by atoms with van der Waals surface area (Å²) in [5.74, 6) is -0.326. The normalized spacial score (nSPS) is 21.2. The lowest BCUT2D eigenvalue weighted by Gasteiger charge is -2.35. The van der Waals surface area contributed by atoms with Gasteiger partial charge < -0.3 is 9.47 Å². The van der Waals surface area contributed by atoms with Gasteiger partial charge in [0.15, 0.2) is 6.29 Å². The highest BCUT2D eigenvalue weighted by molar-refractivity contribution is 7.21. The lowest BCUT2D eigenvalue weighted by atomic mass is 9.69. The topological polar surface area (TPSA) is 44.2 Å². The first kappa shape index (κ1) is 21.6. The van der Waals surface area contributed by atoms with E-state index in [2.05, 4.69) is 42.5 Å². The Morgan fingerprint density at radius 2 is 1.79 bits per heavy atom. The minimum atomic E-state index is -0.504. The van der Waals surface area contributed by atoms with E-state index in [1.54, 1.807) is 6.07 Å². The number of hydrogen-bond acceptors (Lipinski definition) is 5. The van der Waals surface area contributed by atoms with Gasteiger partial charge in [-0.15, -0.1) is 0 Å². The van der Waals surface area contributed by atoms with Crippen molar-refractivity contribution in [1.29, 1.82) is 0 Å². The van der Waals surface area contributed by atoms with E-state index in [4.69, 9.17) is 19.4 Å². The van der Waals surface area contributed by atoms with Crippen molar-refractivity contribution in [2.24, 2.45) is 0 Å². The second-order valence-corrected chi connectivity index (χ2v) is 9.85. The van der Waals surface area contributed by atoms with Crippen molar-refractivity contribution in [1.82, 2.24) is 9.97 Å². The second kappa shape index (κ2) is 9.02. The molecule has 6 heteroatoms. The fourth-order valence-corrected chi connectivity index (χ4v) is 5.93. The first-order valence-corrected chi connectivity index (χ1v) is 12.6. The molecule has 172 valence electrons. The van der Waals surface area contributed by atoms with Crippen molar-refractivity contribution in [3.63, 3.8) is 0 Å². The predicted octanol–water partition coefficient (Wildman–Crippen LogP) is 6.96. The minimum Gasteiger partial charge on any atom is -0.348 e. The van der Waals surface area contributed by atoms with Crippen LogP contribution in [0.4, 0.5) is 4.39 Å². The molecule has 2 aromatic heterocycles. The lowest BCUT2D eigenvalue weighted by molar-refractivity contribution is -0.183. The van der Waals surface area contributed by atoms with Crippen LogP contribution in [0, 0.1) is 5.82 Å². The molecule has 1 aliphatic heterocycles. The number of allylic oxidation sites excluding steroid dienone is 2. The van der Waals surface area contributed by atoms with Gasteiger partial charge in [-0.3, -0.25) is 0 Å². The highest BCUT2D eigenvalue weighted by atomic mass is 32.1. The van der Waals surface area contributed by atoms with E-state index in [9.17, 15) is 0 Å². The summed E-state index contributed by atoms with van der Waals surface area (Å²) in [6.07, 6.45) is 7.82. The SMILES string of the molecule is Fc1cc(C2OCCCO2)ccc1-c1nc2ccc(C3(c4ccccc4)CC=CCC3)nc2s1. The fourth-order valence-electron chi connectivity index (χ4n) is 4.96. The van der Waals surface area contributed by atoms with Gasteiger partial charge in [-0.1, -0.05) is 59.9 Å². The van der Waals surface area contributed by atoms with Crippen LogP contribution in [0.3, 0.4) is 0 Å². The van der Waals surface area contributed by atoms with Gasteiger partial charge in [-0.2, -0.15) is 0 Å². The van der Waals surface area contributed by atoms with Crippen LogP contribution in [0.25, 0.3) is 20.9 Å². The Kier molecular flexibility index (Phi) is 5.73. The molecule has 0 spiro atoms. The van der Waals surface area contributed by atoms with Gasteiger partial charge >= 0.3 is 0 Å². The summed E-state index contributed by atoms with van der Waals surface area (Å²) in [6.45, 7) is 1.25. The van der Waals surface area contributed by atoms with Crippen LogP contribution >= 0.6 is 11.3 Å². The molecule has 1 atom stereocenters. The molecule has 34 heavy (non-hydrogen) atoms. The highest BCUT2D eigenvalue weighted by Gasteiger charge is 2.35. The third-order valence-corrected chi connectivity index (χ3v) is 7.76. The molecule has 2 aliphatic rings. The number of fused-ring (bicyclic) bond motifs is 1. The third kappa shape index (κ3) is 3.86. The van der Waals surface area contributed by atoms with E-state index in [1.165, 1.54) is 23.0 Å². The number of hydrogen-bond donors (Lipinski definition) is 0. The Morgan fingerprint density at radius 3 is 2.56 bits per heavy atom. The average molecular weight is 473 g/mol. The second-order valence-electron chi connectivity index (χ2n) is 8.87. The Balaban J connectivity index is 1.37. The van der Waals surface area contributed by atoms with Gasteiger partial charge in [0.25, 0.3) is 0 Å². The molecular formula is C28H25FN2O2S. The summed E-state index contributed by atoms with van der Waals surface area (Å²) in [7, 11) is 0. The molecule has 1 saturated heterocycles. The molecular weight excluding hydrogens is 447 g/mol. The molecule has 4 aromatic rings. The number of thiazole rings is 1. The summed E-state index contributed by atoms with van der Waals surface area (Å²) in [5, 5.41) is 0.631. The van der Waals surface area contributed by atoms with Crippen LogP contribution in [0.2, 0.25) is 0 Å². The Labute approximate surface area is 202 Å². The standard InChI is InChI=1S/C28H25FN2O2S/c29-22-18-19(27-32-16-7-17-33-27)10-11-21(22)25-30-23-12-13-24(31-26(23)34-25)28(14-5-2-6-15-28)20-8-3-1-4-9-20/h1-5,8-13,18,27H,6-7,14-17H2. The van der Waals surface area contributed by atoms with Crippen LogP contribution in [-0.2, 0) is 14.9 Å². The maximum Gasteiger partial charge on any atom is 0.183 e. The number of aromatic nitrogens is 2. The highest BCUT2D eigenvalue weighted by Crippen LogP contribution is 2.43. The smallest absolute Gasteiger partial charge is 0.183 e. The summed E-state index contributed by atoms with van der Waals surface area (Å²) < 4.78 is 26.3. The molecule has 1 unspecified atom stereocenters. The number of benzene rings is 2. The number of halogens is 1. The molecule has 1 aliphatic carbocycles. The van der Waals surface area contributed by atoms with Gasteiger partial charge in [0, 0.05) is 16.5 Å². The zero-order valence-electron chi connectivity index (χ0n) is 18.7. The maximum atomic E-state index is 15.1. The van der Waals surface area contributed by atoms with Gasteiger partial charge in [0.05, 0.1) is 18.9 Å². The van der Waals surface area contributed by atoms with Crippen molar-refractivity contribution in [2.75, 3.05) is 13.2 Å². The van der Waals surface area contributed by atoms with Gasteiger partial charge in [0.2, 0.25) is 0 Å². The van der Waals surface area contributed by atoms with Crippen LogP contribution < -0.4 is 0 Å². The van der Waals surface area contributed by atoms with Crippen LogP contribution in [0.1, 0.15) is 48.8 Å². The summed E-state index contributed by atoms with van der Waals surface area (Å²) in [6, 6.07) is 19.9. The minimum absolute atomic E-state index is 0.152. The van der Waals surface area contributed by atoms with Crippen molar-refractivity contribution < 1.29 is 13.9 Å². The quantitative estimate of drug-likeness (QED) is 0.301. The summed E-state index contributed by atoms with van der Waals surface area (Å²) in [5.41, 5.74) is 4.14. The molecule has 0 N–H and O–H groups in total. The lowest BCUT2D eigenvalue weighted by Crippen LogP contribution is -2.29. The largest absolute Gasteiger partial charge is 0.348 e. The number of rotatable bonds is 4. The van der Waals surface area contributed by atoms with Crippen LogP contribution in [-0.4, -0.2) is 23.2 Å². The van der Waals surface area contributed by atoms with E-state index in [-0.39, 0.29) is 11.2 Å². The van der Waals surface area contributed by atoms with E-state index < -0.39 is 6.29 Å². The van der Waals surface area contributed by atoms with E-state index in [0.717, 1.165) is 41.7 Å². The van der Waals surface area contributed by atoms with E-state index >= 15 is 4.39 Å². The fraction of sp³-hybridized carbons (Fsp3) is 0.286. The van der Waals surface area contributed by atoms with Crippen molar-refractivity contribution >= 4 is 21.7 Å². The zero-order chi connectivity index (χ0) is 23.0. The van der Waals surface area contributed by atoms with Gasteiger partial charge in [-0.25, -0.2) is 14.4 Å². The number of ether oxygens (including phenoxy) is 2. The number of nitrogens with zero attached hydrogens (tertiary/aromatic N) is 2. The summed E-state index contributed by atoms with van der Waals surface area (Å²) >= 11 is 1.44.